The molecule has 1 heterocycles. The summed E-state index contributed by atoms with van der Waals surface area (Å²) in [7, 11) is 0. The second-order valence-electron chi connectivity index (χ2n) is 5.85. The molecule has 0 aliphatic heterocycles. The molecule has 1 unspecified atom stereocenters. The van der Waals surface area contributed by atoms with Gasteiger partial charge in [0.2, 0.25) is 0 Å². The molecule has 1 aliphatic rings. The van der Waals surface area contributed by atoms with Crippen molar-refractivity contribution >= 4 is 22.6 Å². The first-order chi connectivity index (χ1) is 10.1. The summed E-state index contributed by atoms with van der Waals surface area (Å²) in [5.74, 6) is -0.317. The number of benzene rings is 1. The van der Waals surface area contributed by atoms with Gasteiger partial charge in [0.25, 0.3) is 0 Å². The largest absolute Gasteiger partial charge is 0.477 e. The lowest BCUT2D eigenvalue weighted by Crippen LogP contribution is -2.24. The molecule has 2 N–H and O–H groups in total. The molecule has 21 heavy (non-hydrogen) atoms. The van der Waals surface area contributed by atoms with Crippen molar-refractivity contribution < 1.29 is 9.90 Å². The van der Waals surface area contributed by atoms with Crippen LogP contribution in [0.3, 0.4) is 0 Å². The van der Waals surface area contributed by atoms with Crippen LogP contribution in [0.1, 0.15) is 43.1 Å². The highest BCUT2D eigenvalue weighted by atomic mass is 16.4. The molecule has 0 bridgehead atoms. The van der Waals surface area contributed by atoms with Crippen molar-refractivity contribution in [3.8, 4) is 0 Å². The SMILES string of the molecule is CC(Nc1cc(C(=O)O)nc2ccccc12)C1CCCC1. The lowest BCUT2D eigenvalue weighted by atomic mass is 9.99. The normalized spacial score (nSPS) is 17.0. The first-order valence-electron chi connectivity index (χ1n) is 7.55. The Bertz CT molecular complexity index is 663. The number of aromatic carboxylic acids is 1. The molecule has 1 aromatic carbocycles. The summed E-state index contributed by atoms with van der Waals surface area (Å²) in [6, 6.07) is 9.67. The molecule has 3 rings (SSSR count). The fraction of sp³-hybridized carbons (Fsp3) is 0.412. The van der Waals surface area contributed by atoms with E-state index in [-0.39, 0.29) is 5.69 Å². The zero-order chi connectivity index (χ0) is 14.8. The number of anilines is 1. The molecule has 1 aromatic heterocycles. The molecular formula is C17H20N2O2. The summed E-state index contributed by atoms with van der Waals surface area (Å²) in [6.07, 6.45) is 5.11. The van der Waals surface area contributed by atoms with Gasteiger partial charge in [-0.25, -0.2) is 9.78 Å². The molecule has 0 spiro atoms. The van der Waals surface area contributed by atoms with Gasteiger partial charge in [-0.3, -0.25) is 0 Å². The minimum atomic E-state index is -0.989. The first kappa shape index (κ1) is 13.9. The highest BCUT2D eigenvalue weighted by Gasteiger charge is 2.22. The zero-order valence-electron chi connectivity index (χ0n) is 12.2. The van der Waals surface area contributed by atoms with Crippen LogP contribution in [-0.2, 0) is 0 Å². The summed E-state index contributed by atoms with van der Waals surface area (Å²) in [5.41, 5.74) is 1.69. The van der Waals surface area contributed by atoms with Gasteiger partial charge in [-0.1, -0.05) is 31.0 Å². The molecule has 1 atom stereocenters. The van der Waals surface area contributed by atoms with Crippen LogP contribution < -0.4 is 5.32 Å². The number of hydrogen-bond donors (Lipinski definition) is 2. The highest BCUT2D eigenvalue weighted by molar-refractivity contribution is 5.97. The van der Waals surface area contributed by atoms with Gasteiger partial charge in [-0.15, -0.1) is 0 Å². The monoisotopic (exact) mass is 284 g/mol. The number of carbonyl (C=O) groups is 1. The van der Waals surface area contributed by atoms with Gasteiger partial charge in [0.15, 0.2) is 5.69 Å². The predicted molar refractivity (Wildman–Crippen MR) is 83.7 cm³/mol. The summed E-state index contributed by atoms with van der Waals surface area (Å²) < 4.78 is 0. The Hall–Kier alpha value is -2.10. The first-order valence-corrected chi connectivity index (χ1v) is 7.55. The van der Waals surface area contributed by atoms with Gasteiger partial charge in [0.05, 0.1) is 5.52 Å². The number of carboxylic acid groups (broad SMARTS) is 1. The number of fused-ring (bicyclic) bond motifs is 1. The second kappa shape index (κ2) is 5.72. The number of para-hydroxylation sites is 1. The van der Waals surface area contributed by atoms with Crippen molar-refractivity contribution in [2.75, 3.05) is 5.32 Å². The van der Waals surface area contributed by atoms with E-state index in [1.54, 1.807) is 6.07 Å². The third-order valence-electron chi connectivity index (χ3n) is 4.43. The Morgan fingerprint density at radius 1 is 1.33 bits per heavy atom. The Balaban J connectivity index is 1.97. The second-order valence-corrected chi connectivity index (χ2v) is 5.85. The fourth-order valence-corrected chi connectivity index (χ4v) is 3.22. The van der Waals surface area contributed by atoms with E-state index in [2.05, 4.69) is 17.2 Å². The maximum Gasteiger partial charge on any atom is 0.354 e. The molecule has 2 aromatic rings. The quantitative estimate of drug-likeness (QED) is 0.893. The van der Waals surface area contributed by atoms with Crippen LogP contribution in [0.15, 0.2) is 30.3 Å². The molecule has 4 nitrogen and oxygen atoms in total. The van der Waals surface area contributed by atoms with Crippen LogP contribution in [-0.4, -0.2) is 22.1 Å². The number of carboxylic acids is 1. The lowest BCUT2D eigenvalue weighted by molar-refractivity contribution is 0.0691. The third-order valence-corrected chi connectivity index (χ3v) is 4.43. The van der Waals surface area contributed by atoms with Gasteiger partial charge in [0, 0.05) is 17.1 Å². The smallest absolute Gasteiger partial charge is 0.354 e. The van der Waals surface area contributed by atoms with Crippen molar-refractivity contribution in [3.05, 3.63) is 36.0 Å². The number of nitrogens with one attached hydrogen (secondary N) is 1. The number of aromatic nitrogens is 1. The van der Waals surface area contributed by atoms with E-state index in [9.17, 15) is 9.90 Å². The number of rotatable bonds is 4. The summed E-state index contributed by atoms with van der Waals surface area (Å²) in [5, 5.41) is 13.7. The van der Waals surface area contributed by atoms with Gasteiger partial charge >= 0.3 is 5.97 Å². The van der Waals surface area contributed by atoms with Crippen molar-refractivity contribution in [1.82, 2.24) is 4.98 Å². The number of nitrogens with zero attached hydrogens (tertiary/aromatic N) is 1. The minimum absolute atomic E-state index is 0.0924. The van der Waals surface area contributed by atoms with Crippen LogP contribution in [0, 0.1) is 5.92 Å². The fourth-order valence-electron chi connectivity index (χ4n) is 3.22. The average Bonchev–Trinajstić information content (AvgIpc) is 3.01. The third kappa shape index (κ3) is 2.84. The number of pyridine rings is 1. The number of hydrogen-bond acceptors (Lipinski definition) is 3. The van der Waals surface area contributed by atoms with E-state index in [1.165, 1.54) is 25.7 Å². The van der Waals surface area contributed by atoms with Crippen LogP contribution in [0.2, 0.25) is 0 Å². The summed E-state index contributed by atoms with van der Waals surface area (Å²) in [4.78, 5) is 15.4. The Labute approximate surface area is 124 Å². The molecule has 110 valence electrons. The van der Waals surface area contributed by atoms with E-state index in [0.29, 0.717) is 12.0 Å². The standard InChI is InChI=1S/C17H20N2O2/c1-11(12-6-2-3-7-12)18-15-10-16(17(20)21)19-14-9-5-4-8-13(14)15/h4-5,8-12H,2-3,6-7H2,1H3,(H,18,19)(H,20,21). The van der Waals surface area contributed by atoms with E-state index >= 15 is 0 Å². The Morgan fingerprint density at radius 3 is 2.76 bits per heavy atom. The highest BCUT2D eigenvalue weighted by Crippen LogP contribution is 2.31. The van der Waals surface area contributed by atoms with Gasteiger partial charge in [-0.05, 0) is 37.8 Å². The average molecular weight is 284 g/mol. The van der Waals surface area contributed by atoms with Gasteiger partial charge in [-0.2, -0.15) is 0 Å². The Kier molecular flexibility index (Phi) is 3.78. The molecule has 0 radical (unpaired) electrons. The molecule has 1 saturated carbocycles. The molecule has 0 saturated heterocycles. The van der Waals surface area contributed by atoms with E-state index in [0.717, 1.165) is 16.6 Å². The molecule has 0 amide bonds. The van der Waals surface area contributed by atoms with Gasteiger partial charge < -0.3 is 10.4 Å². The van der Waals surface area contributed by atoms with Crippen LogP contribution >= 0.6 is 0 Å². The van der Waals surface area contributed by atoms with Crippen molar-refractivity contribution in [2.45, 2.75) is 38.6 Å². The van der Waals surface area contributed by atoms with Crippen LogP contribution in [0.5, 0.6) is 0 Å². The maximum atomic E-state index is 11.2. The van der Waals surface area contributed by atoms with Gasteiger partial charge in [0.1, 0.15) is 0 Å². The Morgan fingerprint density at radius 2 is 2.05 bits per heavy atom. The van der Waals surface area contributed by atoms with Crippen LogP contribution in [0.4, 0.5) is 5.69 Å². The topological polar surface area (TPSA) is 62.2 Å². The van der Waals surface area contributed by atoms with E-state index in [1.807, 2.05) is 24.3 Å². The van der Waals surface area contributed by atoms with Crippen molar-refractivity contribution in [2.24, 2.45) is 5.92 Å². The predicted octanol–water partition coefficient (Wildman–Crippen LogP) is 3.92. The maximum absolute atomic E-state index is 11.2. The van der Waals surface area contributed by atoms with Crippen molar-refractivity contribution in [1.29, 1.82) is 0 Å². The summed E-state index contributed by atoms with van der Waals surface area (Å²) >= 11 is 0. The minimum Gasteiger partial charge on any atom is -0.477 e. The van der Waals surface area contributed by atoms with E-state index < -0.39 is 5.97 Å². The molecule has 1 aliphatic carbocycles. The molecule has 1 fully saturated rings. The van der Waals surface area contributed by atoms with Crippen LogP contribution in [0.25, 0.3) is 10.9 Å². The van der Waals surface area contributed by atoms with E-state index in [4.69, 9.17) is 0 Å². The van der Waals surface area contributed by atoms with Crippen molar-refractivity contribution in [3.63, 3.8) is 0 Å². The molecular weight excluding hydrogens is 264 g/mol. The molecule has 4 heteroatoms. The zero-order valence-corrected chi connectivity index (χ0v) is 12.2. The lowest BCUT2D eigenvalue weighted by Gasteiger charge is -2.22. The summed E-state index contributed by atoms with van der Waals surface area (Å²) in [6.45, 7) is 2.19.